The first-order chi connectivity index (χ1) is 11.8. The van der Waals surface area contributed by atoms with Crippen LogP contribution in [0.2, 0.25) is 0 Å². The van der Waals surface area contributed by atoms with Crippen LogP contribution in [-0.4, -0.2) is 34.9 Å². The van der Waals surface area contributed by atoms with Gasteiger partial charge in [-0.3, -0.25) is 0 Å². The van der Waals surface area contributed by atoms with Gasteiger partial charge in [-0.2, -0.15) is 5.10 Å². The maximum Gasteiger partial charge on any atom is 0.154 e. The molecule has 0 N–H and O–H groups in total. The fourth-order valence-electron chi connectivity index (χ4n) is 2.52. The minimum atomic E-state index is 0.550. The van der Waals surface area contributed by atoms with Gasteiger partial charge in [0.05, 0.1) is 24.2 Å². The number of hydrogen-bond donors (Lipinski definition) is 0. The molecule has 24 heavy (non-hydrogen) atoms. The van der Waals surface area contributed by atoms with Crippen LogP contribution in [0.5, 0.6) is 5.75 Å². The van der Waals surface area contributed by atoms with Crippen LogP contribution < -0.4 is 4.74 Å². The molecule has 2 heterocycles. The Labute approximate surface area is 142 Å². The summed E-state index contributed by atoms with van der Waals surface area (Å²) in [6, 6.07) is 12.0. The number of benzene rings is 1. The predicted octanol–water partition coefficient (Wildman–Crippen LogP) is 3.76. The fraction of sp³-hybridized carbons (Fsp3) is 0.368. The lowest BCUT2D eigenvalue weighted by atomic mass is 10.2. The summed E-state index contributed by atoms with van der Waals surface area (Å²) in [5, 5.41) is 4.64. The molecule has 0 saturated heterocycles. The van der Waals surface area contributed by atoms with Crippen molar-refractivity contribution < 1.29 is 9.47 Å². The van der Waals surface area contributed by atoms with E-state index in [0.717, 1.165) is 41.2 Å². The van der Waals surface area contributed by atoms with Gasteiger partial charge in [-0.25, -0.2) is 9.50 Å². The van der Waals surface area contributed by atoms with Crippen LogP contribution in [0.15, 0.2) is 42.6 Å². The standard InChI is InChI=1S/C19H23N3O2/c1-3-4-5-16-8-11-19-20-18(14-22(19)21-16)15-6-9-17(10-7-15)24-13-12-23-2/h6-11,14H,3-5,12-13H2,1-2H3. The first kappa shape index (κ1) is 16.5. The van der Waals surface area contributed by atoms with Gasteiger partial charge in [-0.05, 0) is 49.2 Å². The second-order valence-electron chi connectivity index (χ2n) is 5.72. The van der Waals surface area contributed by atoms with E-state index in [9.17, 15) is 0 Å². The molecule has 126 valence electrons. The molecule has 5 nitrogen and oxygen atoms in total. The summed E-state index contributed by atoms with van der Waals surface area (Å²) in [5.74, 6) is 0.833. The van der Waals surface area contributed by atoms with Gasteiger partial charge in [0, 0.05) is 12.7 Å². The van der Waals surface area contributed by atoms with Gasteiger partial charge >= 0.3 is 0 Å². The number of aromatic nitrogens is 3. The highest BCUT2D eigenvalue weighted by Gasteiger charge is 2.06. The highest BCUT2D eigenvalue weighted by molar-refractivity contribution is 5.63. The molecule has 0 aliphatic carbocycles. The molecule has 3 rings (SSSR count). The number of unbranched alkanes of at least 4 members (excludes halogenated alkanes) is 1. The quantitative estimate of drug-likeness (QED) is 0.592. The van der Waals surface area contributed by atoms with Gasteiger partial charge in [-0.1, -0.05) is 13.3 Å². The number of methoxy groups -OCH3 is 1. The number of imidazole rings is 1. The Morgan fingerprint density at radius 1 is 1.04 bits per heavy atom. The highest BCUT2D eigenvalue weighted by Crippen LogP contribution is 2.22. The number of rotatable bonds is 8. The molecule has 0 bridgehead atoms. The molecule has 5 heteroatoms. The fourth-order valence-corrected chi connectivity index (χ4v) is 2.52. The molecule has 1 aromatic carbocycles. The van der Waals surface area contributed by atoms with Crippen molar-refractivity contribution in [2.45, 2.75) is 26.2 Å². The van der Waals surface area contributed by atoms with Crippen molar-refractivity contribution in [1.29, 1.82) is 0 Å². The largest absolute Gasteiger partial charge is 0.491 e. The Morgan fingerprint density at radius 3 is 2.62 bits per heavy atom. The Balaban J connectivity index is 1.76. The van der Waals surface area contributed by atoms with Crippen LogP contribution in [0.1, 0.15) is 25.5 Å². The summed E-state index contributed by atoms with van der Waals surface area (Å²) in [5.41, 5.74) is 3.94. The van der Waals surface area contributed by atoms with Crippen LogP contribution >= 0.6 is 0 Å². The molecule has 0 unspecified atom stereocenters. The molecular weight excluding hydrogens is 302 g/mol. The van der Waals surface area contributed by atoms with Crippen LogP contribution in [0.4, 0.5) is 0 Å². The normalized spacial score (nSPS) is 11.1. The molecule has 0 spiro atoms. The van der Waals surface area contributed by atoms with Crippen molar-refractivity contribution in [1.82, 2.24) is 14.6 Å². The Morgan fingerprint density at radius 2 is 1.88 bits per heavy atom. The summed E-state index contributed by atoms with van der Waals surface area (Å²) in [4.78, 5) is 4.65. The number of fused-ring (bicyclic) bond motifs is 1. The van der Waals surface area contributed by atoms with E-state index in [0.29, 0.717) is 13.2 Å². The highest BCUT2D eigenvalue weighted by atomic mass is 16.5. The molecular formula is C19H23N3O2. The van der Waals surface area contributed by atoms with Gasteiger partial charge in [0.15, 0.2) is 5.65 Å². The van der Waals surface area contributed by atoms with Crippen molar-refractivity contribution in [2.24, 2.45) is 0 Å². The van der Waals surface area contributed by atoms with E-state index in [4.69, 9.17) is 9.47 Å². The van der Waals surface area contributed by atoms with E-state index >= 15 is 0 Å². The van der Waals surface area contributed by atoms with Crippen molar-refractivity contribution in [3.8, 4) is 17.0 Å². The van der Waals surface area contributed by atoms with Crippen molar-refractivity contribution in [2.75, 3.05) is 20.3 Å². The van der Waals surface area contributed by atoms with Gasteiger partial charge < -0.3 is 9.47 Å². The zero-order chi connectivity index (χ0) is 16.8. The zero-order valence-electron chi connectivity index (χ0n) is 14.2. The number of aryl methyl sites for hydroxylation is 1. The van der Waals surface area contributed by atoms with Crippen LogP contribution in [0, 0.1) is 0 Å². The molecule has 3 aromatic rings. The predicted molar refractivity (Wildman–Crippen MR) is 94.4 cm³/mol. The summed E-state index contributed by atoms with van der Waals surface area (Å²) in [6.45, 7) is 3.32. The SMILES string of the molecule is CCCCc1ccc2nc(-c3ccc(OCCOC)cc3)cn2n1. The van der Waals surface area contributed by atoms with E-state index < -0.39 is 0 Å². The van der Waals surface area contributed by atoms with Crippen molar-refractivity contribution in [3.05, 3.63) is 48.3 Å². The van der Waals surface area contributed by atoms with E-state index in [1.165, 1.54) is 6.42 Å². The van der Waals surface area contributed by atoms with E-state index in [2.05, 4.69) is 23.1 Å². The van der Waals surface area contributed by atoms with Gasteiger partial charge in [0.2, 0.25) is 0 Å². The molecule has 0 amide bonds. The second-order valence-corrected chi connectivity index (χ2v) is 5.72. The van der Waals surface area contributed by atoms with Gasteiger partial charge in [-0.15, -0.1) is 0 Å². The second kappa shape index (κ2) is 7.93. The average molecular weight is 325 g/mol. The maximum absolute atomic E-state index is 5.59. The Bertz CT molecular complexity index is 781. The topological polar surface area (TPSA) is 48.7 Å². The summed E-state index contributed by atoms with van der Waals surface area (Å²) in [7, 11) is 1.66. The van der Waals surface area contributed by atoms with Crippen LogP contribution in [0.3, 0.4) is 0 Å². The minimum absolute atomic E-state index is 0.550. The number of hydrogen-bond acceptors (Lipinski definition) is 4. The molecule has 0 atom stereocenters. The monoisotopic (exact) mass is 325 g/mol. The lowest BCUT2D eigenvalue weighted by Crippen LogP contribution is -2.03. The van der Waals surface area contributed by atoms with Gasteiger partial charge in [0.1, 0.15) is 12.4 Å². The summed E-state index contributed by atoms with van der Waals surface area (Å²) in [6.07, 6.45) is 5.32. The van der Waals surface area contributed by atoms with E-state index in [1.54, 1.807) is 7.11 Å². The molecule has 2 aromatic heterocycles. The lowest BCUT2D eigenvalue weighted by Gasteiger charge is -2.05. The van der Waals surface area contributed by atoms with Crippen molar-refractivity contribution >= 4 is 5.65 Å². The third-order valence-electron chi connectivity index (χ3n) is 3.87. The molecule has 0 radical (unpaired) electrons. The zero-order valence-corrected chi connectivity index (χ0v) is 14.2. The molecule has 0 fully saturated rings. The third-order valence-corrected chi connectivity index (χ3v) is 3.87. The summed E-state index contributed by atoms with van der Waals surface area (Å²) < 4.78 is 12.4. The Hall–Kier alpha value is -2.40. The van der Waals surface area contributed by atoms with Gasteiger partial charge in [0.25, 0.3) is 0 Å². The molecule has 0 saturated carbocycles. The number of nitrogens with zero attached hydrogens (tertiary/aromatic N) is 3. The van der Waals surface area contributed by atoms with E-state index in [-0.39, 0.29) is 0 Å². The first-order valence-corrected chi connectivity index (χ1v) is 8.37. The van der Waals surface area contributed by atoms with E-state index in [1.807, 2.05) is 41.0 Å². The van der Waals surface area contributed by atoms with Crippen LogP contribution in [0.25, 0.3) is 16.9 Å². The smallest absolute Gasteiger partial charge is 0.154 e. The van der Waals surface area contributed by atoms with Crippen molar-refractivity contribution in [3.63, 3.8) is 0 Å². The average Bonchev–Trinajstić information content (AvgIpc) is 3.04. The molecule has 0 aliphatic heterocycles. The maximum atomic E-state index is 5.59. The number of ether oxygens (including phenoxy) is 2. The lowest BCUT2D eigenvalue weighted by molar-refractivity contribution is 0.146. The Kier molecular flexibility index (Phi) is 5.43. The molecule has 0 aliphatic rings. The summed E-state index contributed by atoms with van der Waals surface area (Å²) >= 11 is 0. The van der Waals surface area contributed by atoms with Crippen LogP contribution in [-0.2, 0) is 11.2 Å². The first-order valence-electron chi connectivity index (χ1n) is 8.37. The third kappa shape index (κ3) is 3.92. The minimum Gasteiger partial charge on any atom is -0.491 e.